The SMILES string of the molecule is O=C=NC(F)c1cc(C(F)(F)F)cc(C(F)(F)F)c1. The molecule has 0 saturated carbocycles. The van der Waals surface area contributed by atoms with Crippen molar-refractivity contribution in [3.8, 4) is 0 Å². The second-order valence-electron chi connectivity index (χ2n) is 3.40. The first kappa shape index (κ1) is 15.2. The normalized spacial score (nSPS) is 13.8. The third kappa shape index (κ3) is 3.78. The van der Waals surface area contributed by atoms with Crippen LogP contribution in [0.3, 0.4) is 0 Å². The molecule has 0 aromatic heterocycles. The molecule has 1 rings (SSSR count). The van der Waals surface area contributed by atoms with Crippen LogP contribution in [0.25, 0.3) is 0 Å². The molecule has 2 nitrogen and oxygen atoms in total. The van der Waals surface area contributed by atoms with Crippen LogP contribution in [0.1, 0.15) is 23.0 Å². The summed E-state index contributed by atoms with van der Waals surface area (Å²) in [6.45, 7) is 0. The average molecular weight is 287 g/mol. The summed E-state index contributed by atoms with van der Waals surface area (Å²) >= 11 is 0. The third-order valence-corrected chi connectivity index (χ3v) is 2.05. The number of isocyanates is 1. The summed E-state index contributed by atoms with van der Waals surface area (Å²) in [7, 11) is 0. The fourth-order valence-corrected chi connectivity index (χ4v) is 1.24. The molecule has 0 heterocycles. The van der Waals surface area contributed by atoms with Crippen molar-refractivity contribution >= 4 is 6.08 Å². The summed E-state index contributed by atoms with van der Waals surface area (Å²) in [5.41, 5.74) is -4.38. The van der Waals surface area contributed by atoms with E-state index in [4.69, 9.17) is 0 Å². The highest BCUT2D eigenvalue weighted by Gasteiger charge is 2.37. The molecule has 0 aliphatic rings. The first-order chi connectivity index (χ1) is 8.55. The number of rotatable bonds is 2. The lowest BCUT2D eigenvalue weighted by molar-refractivity contribution is -0.143. The summed E-state index contributed by atoms with van der Waals surface area (Å²) in [4.78, 5) is 12.2. The van der Waals surface area contributed by atoms with Crippen molar-refractivity contribution in [3.05, 3.63) is 34.9 Å². The van der Waals surface area contributed by atoms with Crippen LogP contribution in [0.5, 0.6) is 0 Å². The minimum atomic E-state index is -5.08. The van der Waals surface area contributed by atoms with Crippen LogP contribution in [0.4, 0.5) is 30.7 Å². The van der Waals surface area contributed by atoms with E-state index in [1.807, 2.05) is 0 Å². The van der Waals surface area contributed by atoms with Gasteiger partial charge in [0, 0.05) is 5.56 Å². The quantitative estimate of drug-likeness (QED) is 0.349. The van der Waals surface area contributed by atoms with E-state index in [-0.39, 0.29) is 18.2 Å². The Labute approximate surface area is 101 Å². The van der Waals surface area contributed by atoms with Crippen LogP contribution in [-0.2, 0) is 17.1 Å². The lowest BCUT2D eigenvalue weighted by atomic mass is 10.0. The van der Waals surface area contributed by atoms with E-state index in [9.17, 15) is 35.5 Å². The van der Waals surface area contributed by atoms with Crippen molar-refractivity contribution in [1.29, 1.82) is 0 Å². The van der Waals surface area contributed by atoms with Gasteiger partial charge < -0.3 is 0 Å². The number of nitrogens with zero attached hydrogens (tertiary/aromatic N) is 1. The van der Waals surface area contributed by atoms with E-state index >= 15 is 0 Å². The summed E-state index contributed by atoms with van der Waals surface area (Å²) in [5, 5.41) is 0. The Morgan fingerprint density at radius 3 is 1.68 bits per heavy atom. The van der Waals surface area contributed by atoms with Gasteiger partial charge in [-0.3, -0.25) is 0 Å². The van der Waals surface area contributed by atoms with Crippen LogP contribution in [0.2, 0.25) is 0 Å². The number of hydrogen-bond acceptors (Lipinski definition) is 2. The molecular formula is C10H4F7NO. The maximum Gasteiger partial charge on any atom is 0.416 e. The first-order valence-corrected chi connectivity index (χ1v) is 4.56. The lowest BCUT2D eigenvalue weighted by Crippen LogP contribution is -2.12. The molecule has 0 amide bonds. The Hall–Kier alpha value is -1.89. The average Bonchev–Trinajstić information content (AvgIpc) is 2.26. The zero-order chi connectivity index (χ0) is 14.8. The molecule has 0 spiro atoms. The van der Waals surface area contributed by atoms with E-state index in [1.54, 1.807) is 0 Å². The highest BCUT2D eigenvalue weighted by molar-refractivity contribution is 5.38. The molecular weight excluding hydrogens is 283 g/mol. The van der Waals surface area contributed by atoms with Crippen molar-refractivity contribution < 1.29 is 35.5 Å². The highest BCUT2D eigenvalue weighted by Crippen LogP contribution is 2.38. The molecule has 1 atom stereocenters. The van der Waals surface area contributed by atoms with Crippen LogP contribution in [-0.4, -0.2) is 6.08 Å². The van der Waals surface area contributed by atoms with Crippen molar-refractivity contribution in [2.24, 2.45) is 4.99 Å². The molecule has 1 unspecified atom stereocenters. The molecule has 0 fully saturated rings. The minimum absolute atomic E-state index is 0.152. The molecule has 0 bridgehead atoms. The summed E-state index contributed by atoms with van der Waals surface area (Å²) in [6, 6.07) is 0.155. The number of hydrogen-bond donors (Lipinski definition) is 0. The molecule has 1 aromatic carbocycles. The van der Waals surface area contributed by atoms with Gasteiger partial charge in [-0.15, -0.1) is 0 Å². The fourth-order valence-electron chi connectivity index (χ4n) is 1.24. The van der Waals surface area contributed by atoms with Gasteiger partial charge >= 0.3 is 12.4 Å². The highest BCUT2D eigenvalue weighted by atomic mass is 19.4. The van der Waals surface area contributed by atoms with Gasteiger partial charge in [-0.1, -0.05) is 0 Å². The van der Waals surface area contributed by atoms with Crippen LogP contribution >= 0.6 is 0 Å². The van der Waals surface area contributed by atoms with Crippen molar-refractivity contribution in [2.45, 2.75) is 18.6 Å². The van der Waals surface area contributed by atoms with Gasteiger partial charge in [-0.05, 0) is 18.2 Å². The number of carbonyl (C=O) groups excluding carboxylic acids is 1. The van der Waals surface area contributed by atoms with Crippen LogP contribution < -0.4 is 0 Å². The zero-order valence-corrected chi connectivity index (χ0v) is 8.81. The lowest BCUT2D eigenvalue weighted by Gasteiger charge is -2.14. The largest absolute Gasteiger partial charge is 0.416 e. The van der Waals surface area contributed by atoms with Crippen LogP contribution in [0.15, 0.2) is 23.2 Å². The van der Waals surface area contributed by atoms with Gasteiger partial charge in [-0.2, -0.15) is 31.3 Å². The fraction of sp³-hybridized carbons (Fsp3) is 0.300. The molecule has 1 aromatic rings. The molecule has 0 radical (unpaired) electrons. The molecule has 0 saturated heterocycles. The monoisotopic (exact) mass is 287 g/mol. The van der Waals surface area contributed by atoms with Gasteiger partial charge in [0.25, 0.3) is 0 Å². The Morgan fingerprint density at radius 2 is 1.37 bits per heavy atom. The van der Waals surface area contributed by atoms with Crippen molar-refractivity contribution in [2.75, 3.05) is 0 Å². The van der Waals surface area contributed by atoms with Crippen LogP contribution in [0, 0.1) is 0 Å². The van der Waals surface area contributed by atoms with Crippen molar-refractivity contribution in [1.82, 2.24) is 0 Å². The molecule has 104 valence electrons. The minimum Gasteiger partial charge on any atom is -0.215 e. The van der Waals surface area contributed by atoms with E-state index in [1.165, 1.54) is 0 Å². The molecule has 0 aliphatic carbocycles. The second-order valence-corrected chi connectivity index (χ2v) is 3.40. The standard InChI is InChI=1S/C10H4F7NO/c11-8(18-4-19)5-1-6(9(12,13)14)3-7(2-5)10(15,16)17/h1-3,8H. The summed E-state index contributed by atoms with van der Waals surface area (Å²) in [6.07, 6.45) is -12.1. The number of aliphatic imine (C=N–C) groups is 1. The molecule has 0 aliphatic heterocycles. The van der Waals surface area contributed by atoms with Crippen molar-refractivity contribution in [3.63, 3.8) is 0 Å². The van der Waals surface area contributed by atoms with E-state index < -0.39 is 35.3 Å². The number of halogens is 7. The van der Waals surface area contributed by atoms with E-state index in [2.05, 4.69) is 4.99 Å². The predicted molar refractivity (Wildman–Crippen MR) is 48.4 cm³/mol. The second kappa shape index (κ2) is 5.00. The van der Waals surface area contributed by atoms with Gasteiger partial charge in [0.1, 0.15) is 0 Å². The van der Waals surface area contributed by atoms with E-state index in [0.717, 1.165) is 6.08 Å². The Kier molecular flexibility index (Phi) is 4.00. The maximum absolute atomic E-state index is 13.1. The maximum atomic E-state index is 13.1. The summed E-state index contributed by atoms with van der Waals surface area (Å²) in [5.74, 6) is 0. The smallest absolute Gasteiger partial charge is 0.215 e. The Bertz CT molecular complexity index is 481. The topological polar surface area (TPSA) is 29.4 Å². The zero-order valence-electron chi connectivity index (χ0n) is 8.81. The molecule has 0 N–H and O–H groups in total. The Morgan fingerprint density at radius 1 is 0.947 bits per heavy atom. The van der Waals surface area contributed by atoms with Gasteiger partial charge in [0.2, 0.25) is 12.4 Å². The van der Waals surface area contributed by atoms with Gasteiger partial charge in [0.15, 0.2) is 0 Å². The van der Waals surface area contributed by atoms with Gasteiger partial charge in [-0.25, -0.2) is 9.18 Å². The molecule has 9 heteroatoms. The Balaban J connectivity index is 3.45. The third-order valence-electron chi connectivity index (χ3n) is 2.05. The van der Waals surface area contributed by atoms with Gasteiger partial charge in [0.05, 0.1) is 11.1 Å². The first-order valence-electron chi connectivity index (χ1n) is 4.56. The predicted octanol–water partition coefficient (Wildman–Crippen LogP) is 4.03. The number of alkyl halides is 7. The summed E-state index contributed by atoms with van der Waals surface area (Å²) < 4.78 is 87.4. The van der Waals surface area contributed by atoms with E-state index in [0.29, 0.717) is 0 Å². The number of benzene rings is 1. The molecule has 19 heavy (non-hydrogen) atoms.